The first-order chi connectivity index (χ1) is 12.6. The molecule has 26 heavy (non-hydrogen) atoms. The van der Waals surface area contributed by atoms with Crippen LogP contribution in [0.25, 0.3) is 5.69 Å². The minimum Gasteiger partial charge on any atom is -0.497 e. The first-order valence-corrected chi connectivity index (χ1v) is 8.00. The van der Waals surface area contributed by atoms with Gasteiger partial charge in [0.1, 0.15) is 5.75 Å². The van der Waals surface area contributed by atoms with Gasteiger partial charge in [-0.15, -0.1) is 0 Å². The van der Waals surface area contributed by atoms with Crippen LogP contribution in [0.4, 0.5) is 16.3 Å². The molecule has 0 aliphatic rings. The maximum Gasteiger partial charge on any atom is 0.325 e. The number of methoxy groups -OCH3 is 1. The van der Waals surface area contributed by atoms with Gasteiger partial charge in [0.25, 0.3) is 5.56 Å². The number of hydrogen-bond acceptors (Lipinski definition) is 4. The monoisotopic (exact) mass is 370 g/mol. The number of carbonyl (C=O) groups is 1. The quantitative estimate of drug-likeness (QED) is 0.735. The molecule has 2 amide bonds. The summed E-state index contributed by atoms with van der Waals surface area (Å²) in [5.74, 6) is 0.509. The van der Waals surface area contributed by atoms with E-state index >= 15 is 0 Å². The molecule has 0 unspecified atom stereocenters. The molecule has 1 aromatic heterocycles. The minimum absolute atomic E-state index is 0.102. The third kappa shape index (κ3) is 4.01. The third-order valence-corrected chi connectivity index (χ3v) is 3.72. The van der Waals surface area contributed by atoms with E-state index in [1.807, 2.05) is 0 Å². The summed E-state index contributed by atoms with van der Waals surface area (Å²) in [5.41, 5.74) is 0.621. The van der Waals surface area contributed by atoms with Gasteiger partial charge in [-0.05, 0) is 30.3 Å². The number of nitrogens with one attached hydrogen (secondary N) is 2. The molecular weight excluding hydrogens is 356 g/mol. The number of aromatic nitrogens is 2. The molecule has 0 saturated heterocycles. The first-order valence-electron chi connectivity index (χ1n) is 7.62. The second-order valence-electron chi connectivity index (χ2n) is 5.24. The Balaban J connectivity index is 1.83. The zero-order chi connectivity index (χ0) is 18.5. The van der Waals surface area contributed by atoms with Crippen molar-refractivity contribution in [2.45, 2.75) is 0 Å². The Kier molecular flexibility index (Phi) is 5.19. The first kappa shape index (κ1) is 17.5. The fraction of sp³-hybridized carbons (Fsp3) is 0.0556. The van der Waals surface area contributed by atoms with Gasteiger partial charge in [0, 0.05) is 29.2 Å². The fourth-order valence-corrected chi connectivity index (χ4v) is 2.49. The molecule has 132 valence electrons. The third-order valence-electron chi connectivity index (χ3n) is 3.49. The van der Waals surface area contributed by atoms with Crippen LogP contribution in [-0.4, -0.2) is 22.7 Å². The molecule has 2 aromatic carbocycles. The van der Waals surface area contributed by atoms with Crippen LogP contribution in [0, 0.1) is 0 Å². The Morgan fingerprint density at radius 1 is 1.15 bits per heavy atom. The highest BCUT2D eigenvalue weighted by Gasteiger charge is 2.11. The second kappa shape index (κ2) is 7.71. The van der Waals surface area contributed by atoms with Crippen molar-refractivity contribution in [3.63, 3.8) is 0 Å². The van der Waals surface area contributed by atoms with E-state index in [9.17, 15) is 9.59 Å². The van der Waals surface area contributed by atoms with Crippen LogP contribution in [0.15, 0.2) is 65.7 Å². The predicted octanol–water partition coefficient (Wildman–Crippen LogP) is 3.54. The van der Waals surface area contributed by atoms with Crippen molar-refractivity contribution < 1.29 is 9.53 Å². The van der Waals surface area contributed by atoms with Gasteiger partial charge >= 0.3 is 6.03 Å². The summed E-state index contributed by atoms with van der Waals surface area (Å²) >= 11 is 5.88. The van der Waals surface area contributed by atoms with Crippen molar-refractivity contribution in [1.82, 2.24) is 9.55 Å². The molecule has 0 atom stereocenters. The van der Waals surface area contributed by atoms with Gasteiger partial charge in [0.2, 0.25) is 5.82 Å². The summed E-state index contributed by atoms with van der Waals surface area (Å²) in [6, 6.07) is 13.1. The molecule has 7 nitrogen and oxygen atoms in total. The van der Waals surface area contributed by atoms with E-state index in [0.717, 1.165) is 0 Å². The average molecular weight is 371 g/mol. The number of urea groups is 1. The molecule has 0 radical (unpaired) electrons. The number of carbonyl (C=O) groups excluding carboxylic acids is 1. The van der Waals surface area contributed by atoms with Gasteiger partial charge in [-0.3, -0.25) is 14.7 Å². The molecule has 0 aliphatic heterocycles. The van der Waals surface area contributed by atoms with Crippen molar-refractivity contribution in [2.24, 2.45) is 0 Å². The number of ether oxygens (including phenoxy) is 1. The molecule has 1 heterocycles. The molecule has 2 N–H and O–H groups in total. The van der Waals surface area contributed by atoms with Gasteiger partial charge < -0.3 is 10.1 Å². The number of rotatable bonds is 4. The second-order valence-corrected chi connectivity index (χ2v) is 5.68. The van der Waals surface area contributed by atoms with E-state index in [1.54, 1.807) is 55.6 Å². The number of halogens is 1. The minimum atomic E-state index is -0.597. The highest BCUT2D eigenvalue weighted by atomic mass is 35.5. The summed E-state index contributed by atoms with van der Waals surface area (Å²) in [5, 5.41) is 5.53. The molecule has 0 bridgehead atoms. The van der Waals surface area contributed by atoms with Crippen LogP contribution in [0.1, 0.15) is 0 Å². The summed E-state index contributed by atoms with van der Waals surface area (Å²) in [7, 11) is 1.54. The Hall–Kier alpha value is -3.32. The molecule has 0 saturated carbocycles. The highest BCUT2D eigenvalue weighted by Crippen LogP contribution is 2.16. The van der Waals surface area contributed by atoms with Crippen molar-refractivity contribution >= 4 is 29.1 Å². The Morgan fingerprint density at radius 3 is 2.73 bits per heavy atom. The van der Waals surface area contributed by atoms with Crippen LogP contribution in [0.5, 0.6) is 5.75 Å². The molecule has 0 fully saturated rings. The number of anilines is 2. The van der Waals surface area contributed by atoms with Gasteiger partial charge in [0.15, 0.2) is 0 Å². The Labute approximate surface area is 154 Å². The average Bonchev–Trinajstić information content (AvgIpc) is 2.63. The van der Waals surface area contributed by atoms with Gasteiger partial charge in [0.05, 0.1) is 12.8 Å². The molecular formula is C18H15ClN4O3. The van der Waals surface area contributed by atoms with E-state index in [1.165, 1.54) is 17.0 Å². The molecule has 3 aromatic rings. The smallest absolute Gasteiger partial charge is 0.325 e. The topological polar surface area (TPSA) is 85.2 Å². The normalized spacial score (nSPS) is 10.2. The zero-order valence-electron chi connectivity index (χ0n) is 13.8. The Bertz CT molecular complexity index is 1000. The number of hydrogen-bond donors (Lipinski definition) is 2. The van der Waals surface area contributed by atoms with E-state index in [4.69, 9.17) is 16.3 Å². The predicted molar refractivity (Wildman–Crippen MR) is 100 cm³/mol. The molecule has 8 heteroatoms. The van der Waals surface area contributed by atoms with Gasteiger partial charge in [-0.2, -0.15) is 0 Å². The maximum atomic E-state index is 12.6. The summed E-state index contributed by atoms with van der Waals surface area (Å²) in [6.07, 6.45) is 2.94. The van der Waals surface area contributed by atoms with Crippen molar-refractivity contribution in [3.05, 3.63) is 76.3 Å². The maximum absolute atomic E-state index is 12.6. The number of benzene rings is 2. The van der Waals surface area contributed by atoms with Crippen LogP contribution in [0.2, 0.25) is 5.02 Å². The Morgan fingerprint density at radius 2 is 1.96 bits per heavy atom. The van der Waals surface area contributed by atoms with Crippen molar-refractivity contribution in [2.75, 3.05) is 17.7 Å². The standard InChI is InChI=1S/C18H15ClN4O3/c1-26-15-7-3-6-14(11-15)23-9-8-20-16(17(23)24)22-18(25)21-13-5-2-4-12(19)10-13/h2-11H,1H3,(H2,20,21,22,25). The van der Waals surface area contributed by atoms with Gasteiger partial charge in [-0.1, -0.05) is 23.7 Å². The number of amides is 2. The highest BCUT2D eigenvalue weighted by molar-refractivity contribution is 6.30. The lowest BCUT2D eigenvalue weighted by Gasteiger charge is -2.10. The van der Waals surface area contributed by atoms with Crippen molar-refractivity contribution in [3.8, 4) is 11.4 Å². The summed E-state index contributed by atoms with van der Waals surface area (Å²) < 4.78 is 6.53. The van der Waals surface area contributed by atoms with E-state index in [2.05, 4.69) is 15.6 Å². The molecule has 3 rings (SSSR count). The number of nitrogens with zero attached hydrogens (tertiary/aromatic N) is 2. The summed E-state index contributed by atoms with van der Waals surface area (Å²) in [4.78, 5) is 28.7. The van der Waals surface area contributed by atoms with Crippen LogP contribution in [0.3, 0.4) is 0 Å². The van der Waals surface area contributed by atoms with Crippen LogP contribution in [-0.2, 0) is 0 Å². The van der Waals surface area contributed by atoms with Crippen LogP contribution < -0.4 is 20.9 Å². The lowest BCUT2D eigenvalue weighted by atomic mass is 10.3. The molecule has 0 spiro atoms. The lowest BCUT2D eigenvalue weighted by molar-refractivity contribution is 0.262. The zero-order valence-corrected chi connectivity index (χ0v) is 14.5. The summed E-state index contributed by atoms with van der Waals surface area (Å²) in [6.45, 7) is 0. The lowest BCUT2D eigenvalue weighted by Crippen LogP contribution is -2.28. The van der Waals surface area contributed by atoms with E-state index < -0.39 is 11.6 Å². The van der Waals surface area contributed by atoms with E-state index in [0.29, 0.717) is 22.1 Å². The van der Waals surface area contributed by atoms with Crippen molar-refractivity contribution in [1.29, 1.82) is 0 Å². The van der Waals surface area contributed by atoms with Crippen LogP contribution >= 0.6 is 11.6 Å². The fourth-order valence-electron chi connectivity index (χ4n) is 2.30. The van der Waals surface area contributed by atoms with Gasteiger partial charge in [-0.25, -0.2) is 9.78 Å². The van der Waals surface area contributed by atoms with E-state index in [-0.39, 0.29) is 5.82 Å². The largest absolute Gasteiger partial charge is 0.497 e. The molecule has 0 aliphatic carbocycles. The SMILES string of the molecule is COc1cccc(-n2ccnc(NC(=O)Nc3cccc(Cl)c3)c2=O)c1.